The molecule has 27 heavy (non-hydrogen) atoms. The van der Waals surface area contributed by atoms with E-state index in [9.17, 15) is 0 Å². The van der Waals surface area contributed by atoms with Gasteiger partial charge in [0.25, 0.3) is 0 Å². The Hall–Kier alpha value is -2.75. The highest BCUT2D eigenvalue weighted by atomic mass is 35.5. The third-order valence-corrected chi connectivity index (χ3v) is 4.63. The van der Waals surface area contributed by atoms with Crippen LogP contribution in [0.4, 0.5) is 0 Å². The molecule has 0 atom stereocenters. The maximum absolute atomic E-state index is 6.15. The zero-order chi connectivity index (χ0) is 18.8. The van der Waals surface area contributed by atoms with Gasteiger partial charge in [-0.3, -0.25) is 0 Å². The highest BCUT2D eigenvalue weighted by Crippen LogP contribution is 2.36. The molecule has 0 N–H and O–H groups in total. The van der Waals surface area contributed by atoms with Crippen LogP contribution in [0.25, 0.3) is 22.2 Å². The van der Waals surface area contributed by atoms with Crippen molar-refractivity contribution in [2.24, 2.45) is 0 Å². The molecule has 4 aromatic rings. The molecular weight excluding hydrogens is 381 g/mol. The number of hydrogen-bond acceptors (Lipinski definition) is 3. The van der Waals surface area contributed by atoms with E-state index in [-0.39, 0.29) is 0 Å². The number of pyridine rings is 1. The molecule has 0 aliphatic rings. The largest absolute Gasteiger partial charge is 0.497 e. The first-order valence-corrected chi connectivity index (χ1v) is 9.06. The zero-order valence-electron chi connectivity index (χ0n) is 14.4. The van der Waals surface area contributed by atoms with Gasteiger partial charge in [-0.2, -0.15) is 0 Å². The molecule has 134 valence electrons. The van der Waals surface area contributed by atoms with E-state index in [2.05, 4.69) is 0 Å². The summed E-state index contributed by atoms with van der Waals surface area (Å²) < 4.78 is 11.3. The predicted octanol–water partition coefficient (Wildman–Crippen LogP) is 7.01. The lowest BCUT2D eigenvalue weighted by Gasteiger charge is -2.13. The Morgan fingerprint density at radius 3 is 2.11 bits per heavy atom. The fraction of sp³-hybridized carbons (Fsp3) is 0.0455. The molecule has 0 fully saturated rings. The maximum atomic E-state index is 6.15. The number of nitrogens with zero attached hydrogens (tertiary/aromatic N) is 1. The van der Waals surface area contributed by atoms with E-state index in [4.69, 9.17) is 37.7 Å². The number of methoxy groups -OCH3 is 1. The van der Waals surface area contributed by atoms with Gasteiger partial charge in [0.15, 0.2) is 5.75 Å². The van der Waals surface area contributed by atoms with Crippen LogP contribution in [0.3, 0.4) is 0 Å². The topological polar surface area (TPSA) is 31.4 Å². The zero-order valence-corrected chi connectivity index (χ0v) is 16.0. The number of rotatable bonds is 4. The van der Waals surface area contributed by atoms with Crippen molar-refractivity contribution in [2.75, 3.05) is 7.11 Å². The van der Waals surface area contributed by atoms with E-state index in [1.165, 1.54) is 0 Å². The van der Waals surface area contributed by atoms with Gasteiger partial charge in [-0.15, -0.1) is 0 Å². The third-order valence-electron chi connectivity index (χ3n) is 4.15. The van der Waals surface area contributed by atoms with E-state index < -0.39 is 0 Å². The normalized spacial score (nSPS) is 10.8. The lowest BCUT2D eigenvalue weighted by atomic mass is 10.1. The number of halogens is 2. The molecular formula is C22H15Cl2NO2. The molecule has 0 bridgehead atoms. The lowest BCUT2D eigenvalue weighted by Crippen LogP contribution is -1.93. The van der Waals surface area contributed by atoms with Crippen molar-refractivity contribution in [3.8, 4) is 28.5 Å². The molecule has 0 saturated carbocycles. The molecule has 0 aliphatic heterocycles. The minimum atomic E-state index is 0.636. The van der Waals surface area contributed by atoms with Gasteiger partial charge in [0, 0.05) is 21.0 Å². The van der Waals surface area contributed by atoms with Crippen molar-refractivity contribution < 1.29 is 9.47 Å². The summed E-state index contributed by atoms with van der Waals surface area (Å²) in [5.41, 5.74) is 2.49. The van der Waals surface area contributed by atoms with Crippen LogP contribution in [0.2, 0.25) is 10.0 Å². The summed E-state index contributed by atoms with van der Waals surface area (Å²) in [4.78, 5) is 4.79. The molecule has 1 aromatic heterocycles. The Kier molecular flexibility index (Phi) is 4.88. The van der Waals surface area contributed by atoms with E-state index in [0.29, 0.717) is 21.5 Å². The summed E-state index contributed by atoms with van der Waals surface area (Å²) in [5, 5.41) is 2.23. The van der Waals surface area contributed by atoms with Crippen LogP contribution in [0.15, 0.2) is 72.8 Å². The van der Waals surface area contributed by atoms with Crippen LogP contribution >= 0.6 is 23.2 Å². The number of benzene rings is 3. The molecule has 0 unspecified atom stereocenters. The summed E-state index contributed by atoms with van der Waals surface area (Å²) in [6.07, 6.45) is 0. The maximum Gasteiger partial charge on any atom is 0.154 e. The van der Waals surface area contributed by atoms with Gasteiger partial charge in [0.05, 0.1) is 12.6 Å². The van der Waals surface area contributed by atoms with Crippen molar-refractivity contribution in [1.82, 2.24) is 4.98 Å². The Labute approximate surface area is 167 Å². The molecule has 5 heteroatoms. The highest BCUT2D eigenvalue weighted by molar-refractivity contribution is 6.31. The second kappa shape index (κ2) is 7.47. The van der Waals surface area contributed by atoms with E-state index in [1.807, 2.05) is 72.8 Å². The average molecular weight is 396 g/mol. The fourth-order valence-corrected chi connectivity index (χ4v) is 3.10. The van der Waals surface area contributed by atoms with Crippen molar-refractivity contribution in [2.45, 2.75) is 0 Å². The second-order valence-corrected chi connectivity index (χ2v) is 6.83. The van der Waals surface area contributed by atoms with Crippen LogP contribution in [0.5, 0.6) is 17.2 Å². The smallest absolute Gasteiger partial charge is 0.154 e. The number of ether oxygens (including phenoxy) is 2. The summed E-state index contributed by atoms with van der Waals surface area (Å²) >= 11 is 12.2. The summed E-state index contributed by atoms with van der Waals surface area (Å²) in [7, 11) is 1.63. The molecule has 3 aromatic carbocycles. The molecule has 3 nitrogen and oxygen atoms in total. The monoisotopic (exact) mass is 395 g/mol. The number of fused-ring (bicyclic) bond motifs is 1. The van der Waals surface area contributed by atoms with Gasteiger partial charge in [-0.25, -0.2) is 4.98 Å². The standard InChI is InChI=1S/C22H15Cl2NO2/c1-26-18-7-9-19(10-8-18)27-21-13-15-12-17(24)6-11-20(15)25-22(21)14-2-4-16(23)5-3-14/h2-13H,1H3. The third kappa shape index (κ3) is 3.85. The summed E-state index contributed by atoms with van der Waals surface area (Å²) in [6, 6.07) is 22.5. The van der Waals surface area contributed by atoms with Gasteiger partial charge < -0.3 is 9.47 Å². The first-order valence-electron chi connectivity index (χ1n) is 8.30. The van der Waals surface area contributed by atoms with E-state index in [1.54, 1.807) is 7.11 Å². The minimum absolute atomic E-state index is 0.636. The summed E-state index contributed by atoms with van der Waals surface area (Å²) in [6.45, 7) is 0. The van der Waals surface area contributed by atoms with Crippen LogP contribution in [0, 0.1) is 0 Å². The Bertz CT molecular complexity index is 1090. The molecule has 4 rings (SSSR count). The van der Waals surface area contributed by atoms with Crippen LogP contribution in [-0.2, 0) is 0 Å². The van der Waals surface area contributed by atoms with Crippen LogP contribution < -0.4 is 9.47 Å². The second-order valence-electron chi connectivity index (χ2n) is 5.96. The van der Waals surface area contributed by atoms with Gasteiger partial charge in [-0.05, 0) is 60.7 Å². The van der Waals surface area contributed by atoms with Crippen molar-refractivity contribution in [3.63, 3.8) is 0 Å². The fourth-order valence-electron chi connectivity index (χ4n) is 2.79. The number of hydrogen-bond donors (Lipinski definition) is 0. The quantitative estimate of drug-likeness (QED) is 0.372. The molecule has 0 spiro atoms. The molecule has 0 amide bonds. The molecule has 1 heterocycles. The molecule has 0 radical (unpaired) electrons. The molecule has 0 aliphatic carbocycles. The van der Waals surface area contributed by atoms with Crippen LogP contribution in [-0.4, -0.2) is 12.1 Å². The SMILES string of the molecule is COc1ccc(Oc2cc3cc(Cl)ccc3nc2-c2ccc(Cl)cc2)cc1. The van der Waals surface area contributed by atoms with Crippen LogP contribution in [0.1, 0.15) is 0 Å². The van der Waals surface area contributed by atoms with Gasteiger partial charge in [0.1, 0.15) is 17.2 Å². The van der Waals surface area contributed by atoms with Crippen molar-refractivity contribution in [1.29, 1.82) is 0 Å². The van der Waals surface area contributed by atoms with Gasteiger partial charge in [-0.1, -0.05) is 35.3 Å². The Balaban J connectivity index is 1.84. The highest BCUT2D eigenvalue weighted by Gasteiger charge is 2.12. The van der Waals surface area contributed by atoms with Crippen molar-refractivity contribution in [3.05, 3.63) is 82.8 Å². The van der Waals surface area contributed by atoms with E-state index >= 15 is 0 Å². The van der Waals surface area contributed by atoms with Gasteiger partial charge >= 0.3 is 0 Å². The van der Waals surface area contributed by atoms with Gasteiger partial charge in [0.2, 0.25) is 0 Å². The first-order chi connectivity index (χ1) is 13.1. The Morgan fingerprint density at radius 2 is 1.41 bits per heavy atom. The lowest BCUT2D eigenvalue weighted by molar-refractivity contribution is 0.413. The Morgan fingerprint density at radius 1 is 0.741 bits per heavy atom. The average Bonchev–Trinajstić information content (AvgIpc) is 2.69. The number of aromatic nitrogens is 1. The predicted molar refractivity (Wildman–Crippen MR) is 110 cm³/mol. The first kappa shape index (κ1) is 17.7. The van der Waals surface area contributed by atoms with E-state index in [0.717, 1.165) is 27.9 Å². The molecule has 0 saturated heterocycles. The minimum Gasteiger partial charge on any atom is -0.497 e. The van der Waals surface area contributed by atoms with Crippen molar-refractivity contribution >= 4 is 34.1 Å². The summed E-state index contributed by atoms with van der Waals surface area (Å²) in [5.74, 6) is 2.09.